The third-order valence-corrected chi connectivity index (χ3v) is 3.90. The quantitative estimate of drug-likeness (QED) is 0.888. The van der Waals surface area contributed by atoms with Gasteiger partial charge in [-0.2, -0.15) is 0 Å². The fourth-order valence-corrected chi connectivity index (χ4v) is 2.72. The Kier molecular flexibility index (Phi) is 4.76. The molecule has 2 aromatic rings. The summed E-state index contributed by atoms with van der Waals surface area (Å²) in [7, 11) is 0. The number of amides is 1. The Balaban J connectivity index is 1.50. The Morgan fingerprint density at radius 1 is 1.04 bits per heavy atom. The van der Waals surface area contributed by atoms with Crippen molar-refractivity contribution < 1.29 is 9.18 Å². The van der Waals surface area contributed by atoms with Gasteiger partial charge in [-0.15, -0.1) is 0 Å². The molecule has 1 fully saturated rings. The zero-order chi connectivity index (χ0) is 16.1. The summed E-state index contributed by atoms with van der Waals surface area (Å²) in [6.45, 7) is 2.37. The molecule has 3 rings (SSSR count). The van der Waals surface area contributed by atoms with E-state index in [1.54, 1.807) is 12.1 Å². The first-order chi connectivity index (χ1) is 11.2. The lowest BCUT2D eigenvalue weighted by Gasteiger charge is -2.18. The Morgan fingerprint density at radius 2 is 1.78 bits per heavy atom. The predicted octanol–water partition coefficient (Wildman–Crippen LogP) is 3.48. The second-order valence-electron chi connectivity index (χ2n) is 5.65. The van der Waals surface area contributed by atoms with E-state index in [-0.39, 0.29) is 18.3 Å². The summed E-state index contributed by atoms with van der Waals surface area (Å²) in [5.41, 5.74) is 2.57. The number of rotatable bonds is 5. The van der Waals surface area contributed by atoms with E-state index >= 15 is 0 Å². The fourth-order valence-electron chi connectivity index (χ4n) is 2.72. The van der Waals surface area contributed by atoms with Gasteiger partial charge < -0.3 is 15.5 Å². The third kappa shape index (κ3) is 4.22. The molecule has 0 unspecified atom stereocenters. The van der Waals surface area contributed by atoms with Gasteiger partial charge in [-0.3, -0.25) is 4.79 Å². The van der Waals surface area contributed by atoms with E-state index in [0.717, 1.165) is 18.8 Å². The van der Waals surface area contributed by atoms with Crippen molar-refractivity contribution in [2.24, 2.45) is 0 Å². The third-order valence-electron chi connectivity index (χ3n) is 3.90. The van der Waals surface area contributed by atoms with Crippen LogP contribution in [0.1, 0.15) is 12.8 Å². The number of anilines is 3. The minimum absolute atomic E-state index is 0.138. The summed E-state index contributed by atoms with van der Waals surface area (Å²) < 4.78 is 13.1. The van der Waals surface area contributed by atoms with E-state index in [4.69, 9.17) is 0 Å². The van der Waals surface area contributed by atoms with Crippen LogP contribution >= 0.6 is 0 Å². The highest BCUT2D eigenvalue weighted by atomic mass is 19.1. The van der Waals surface area contributed by atoms with Crippen LogP contribution in [0.3, 0.4) is 0 Å². The summed E-state index contributed by atoms with van der Waals surface area (Å²) in [4.78, 5) is 14.2. The summed E-state index contributed by atoms with van der Waals surface area (Å²) >= 11 is 0. The first kappa shape index (κ1) is 15.3. The molecule has 1 amide bonds. The Labute approximate surface area is 135 Å². The molecule has 1 aliphatic heterocycles. The predicted molar refractivity (Wildman–Crippen MR) is 91.4 cm³/mol. The number of carbonyl (C=O) groups is 1. The van der Waals surface area contributed by atoms with Crippen LogP contribution in [0.2, 0.25) is 0 Å². The standard InChI is InChI=1S/C18H20FN3O/c19-14-4-3-5-16(12-14)21-18(23)13-20-15-6-8-17(9-7-15)22-10-1-2-11-22/h3-9,12,20H,1-2,10-11,13H2,(H,21,23). The Bertz CT molecular complexity index is 666. The van der Waals surface area contributed by atoms with E-state index in [2.05, 4.69) is 27.7 Å². The summed E-state index contributed by atoms with van der Waals surface area (Å²) in [6.07, 6.45) is 2.50. The highest BCUT2D eigenvalue weighted by molar-refractivity contribution is 5.93. The molecule has 0 atom stereocenters. The molecule has 2 N–H and O–H groups in total. The first-order valence-electron chi connectivity index (χ1n) is 7.85. The SMILES string of the molecule is O=C(CNc1ccc(N2CCCC2)cc1)Nc1cccc(F)c1. The minimum atomic E-state index is -0.367. The van der Waals surface area contributed by atoms with Crippen LogP contribution in [0, 0.1) is 5.82 Å². The minimum Gasteiger partial charge on any atom is -0.376 e. The van der Waals surface area contributed by atoms with Crippen molar-refractivity contribution in [3.05, 3.63) is 54.3 Å². The molecule has 4 nitrogen and oxygen atoms in total. The molecule has 5 heteroatoms. The smallest absolute Gasteiger partial charge is 0.243 e. The van der Waals surface area contributed by atoms with Gasteiger partial charge in [-0.25, -0.2) is 4.39 Å². The van der Waals surface area contributed by atoms with Crippen LogP contribution in [0.15, 0.2) is 48.5 Å². The van der Waals surface area contributed by atoms with Crippen LogP contribution in [-0.4, -0.2) is 25.5 Å². The molecular weight excluding hydrogens is 293 g/mol. The number of halogens is 1. The normalized spacial score (nSPS) is 13.9. The molecule has 2 aromatic carbocycles. The van der Waals surface area contributed by atoms with Crippen molar-refractivity contribution in [1.82, 2.24) is 0 Å². The second-order valence-corrected chi connectivity index (χ2v) is 5.65. The molecule has 0 aliphatic carbocycles. The van der Waals surface area contributed by atoms with Crippen molar-refractivity contribution in [1.29, 1.82) is 0 Å². The maximum absolute atomic E-state index is 13.1. The van der Waals surface area contributed by atoms with Crippen molar-refractivity contribution in [3.63, 3.8) is 0 Å². The van der Waals surface area contributed by atoms with Gasteiger partial charge in [0.2, 0.25) is 5.91 Å². The number of nitrogens with one attached hydrogen (secondary N) is 2. The fraction of sp³-hybridized carbons (Fsp3) is 0.278. The zero-order valence-corrected chi connectivity index (χ0v) is 12.9. The number of benzene rings is 2. The van der Waals surface area contributed by atoms with Gasteiger partial charge in [-0.1, -0.05) is 6.07 Å². The molecule has 0 bridgehead atoms. The van der Waals surface area contributed by atoms with Gasteiger partial charge in [0.15, 0.2) is 0 Å². The van der Waals surface area contributed by atoms with Gasteiger partial charge in [-0.05, 0) is 55.3 Å². The average molecular weight is 313 g/mol. The maximum atomic E-state index is 13.1. The average Bonchev–Trinajstić information content (AvgIpc) is 3.08. The van der Waals surface area contributed by atoms with Gasteiger partial charge >= 0.3 is 0 Å². The number of hydrogen-bond acceptors (Lipinski definition) is 3. The number of carbonyl (C=O) groups excluding carboxylic acids is 1. The van der Waals surface area contributed by atoms with Gasteiger partial charge in [0.05, 0.1) is 6.54 Å². The van der Waals surface area contributed by atoms with E-state index < -0.39 is 0 Å². The first-order valence-corrected chi connectivity index (χ1v) is 7.85. The topological polar surface area (TPSA) is 44.4 Å². The van der Waals surface area contributed by atoms with E-state index in [1.807, 2.05) is 12.1 Å². The lowest BCUT2D eigenvalue weighted by Crippen LogP contribution is -2.22. The van der Waals surface area contributed by atoms with Gasteiger partial charge in [0, 0.05) is 30.2 Å². The van der Waals surface area contributed by atoms with E-state index in [9.17, 15) is 9.18 Å². The number of hydrogen-bond donors (Lipinski definition) is 2. The summed E-state index contributed by atoms with van der Waals surface area (Å²) in [5.74, 6) is -0.576. The molecule has 120 valence electrons. The largest absolute Gasteiger partial charge is 0.376 e. The van der Waals surface area contributed by atoms with Crippen molar-refractivity contribution in [2.75, 3.05) is 35.2 Å². The van der Waals surface area contributed by atoms with Crippen LogP contribution in [0.5, 0.6) is 0 Å². The second kappa shape index (κ2) is 7.13. The van der Waals surface area contributed by atoms with Crippen LogP contribution in [-0.2, 0) is 4.79 Å². The van der Waals surface area contributed by atoms with Crippen molar-refractivity contribution >= 4 is 23.0 Å². The highest BCUT2D eigenvalue weighted by Gasteiger charge is 2.11. The lowest BCUT2D eigenvalue weighted by molar-refractivity contribution is -0.114. The summed E-state index contributed by atoms with van der Waals surface area (Å²) in [6, 6.07) is 13.9. The monoisotopic (exact) mass is 313 g/mol. The molecule has 1 aliphatic rings. The van der Waals surface area contributed by atoms with Crippen LogP contribution < -0.4 is 15.5 Å². The van der Waals surface area contributed by atoms with Crippen molar-refractivity contribution in [2.45, 2.75) is 12.8 Å². The zero-order valence-electron chi connectivity index (χ0n) is 12.9. The van der Waals surface area contributed by atoms with E-state index in [1.165, 1.54) is 30.7 Å². The summed E-state index contributed by atoms with van der Waals surface area (Å²) in [5, 5.41) is 5.73. The lowest BCUT2D eigenvalue weighted by atomic mass is 10.2. The van der Waals surface area contributed by atoms with Crippen molar-refractivity contribution in [3.8, 4) is 0 Å². The van der Waals surface area contributed by atoms with Gasteiger partial charge in [0.25, 0.3) is 0 Å². The Morgan fingerprint density at radius 3 is 2.48 bits per heavy atom. The molecule has 1 heterocycles. The van der Waals surface area contributed by atoms with E-state index in [0.29, 0.717) is 5.69 Å². The van der Waals surface area contributed by atoms with Gasteiger partial charge in [0.1, 0.15) is 5.82 Å². The van der Waals surface area contributed by atoms with Crippen LogP contribution in [0.25, 0.3) is 0 Å². The number of nitrogens with zero attached hydrogens (tertiary/aromatic N) is 1. The molecular formula is C18H20FN3O. The molecule has 0 saturated carbocycles. The highest BCUT2D eigenvalue weighted by Crippen LogP contribution is 2.21. The molecule has 0 radical (unpaired) electrons. The molecule has 1 saturated heterocycles. The maximum Gasteiger partial charge on any atom is 0.243 e. The molecule has 0 aromatic heterocycles. The Hall–Kier alpha value is -2.56. The molecule has 23 heavy (non-hydrogen) atoms. The van der Waals surface area contributed by atoms with Crippen LogP contribution in [0.4, 0.5) is 21.5 Å². The molecule has 0 spiro atoms.